The maximum Gasteiger partial charge on any atom is 0.315 e. The zero-order valence-electron chi connectivity index (χ0n) is 19.0. The van der Waals surface area contributed by atoms with Gasteiger partial charge in [0.1, 0.15) is 11.6 Å². The molecule has 0 atom stereocenters. The Bertz CT molecular complexity index is 942. The third-order valence-electron chi connectivity index (χ3n) is 6.32. The Labute approximate surface area is 189 Å². The van der Waals surface area contributed by atoms with Gasteiger partial charge in [-0.3, -0.25) is 0 Å². The Kier molecular flexibility index (Phi) is 7.07. The average molecular weight is 441 g/mol. The number of aromatic nitrogens is 2. The van der Waals surface area contributed by atoms with Crippen molar-refractivity contribution in [3.8, 4) is 0 Å². The molecule has 8 heteroatoms. The largest absolute Gasteiger partial charge is 0.362 e. The molecule has 0 aliphatic heterocycles. The van der Waals surface area contributed by atoms with Crippen LogP contribution in [-0.2, 0) is 19.4 Å². The second kappa shape index (κ2) is 10.1. The van der Waals surface area contributed by atoms with Gasteiger partial charge >= 0.3 is 6.03 Å². The number of carbonyl (C=O) groups excluding carboxylic acids is 1. The summed E-state index contributed by atoms with van der Waals surface area (Å²) in [5.74, 6) is 1.46. The molecule has 1 saturated carbocycles. The van der Waals surface area contributed by atoms with Gasteiger partial charge in [-0.05, 0) is 69.1 Å². The number of carbonyl (C=O) groups is 1. The average Bonchev–Trinajstić information content (AvgIpc) is 2.78. The SMILES string of the molecule is CN(C)c1nc(N[C@H]2CC[C@@H](NC(=O)NCc3cccc(F)c3)CC2)nc2c1CCCC2. The van der Waals surface area contributed by atoms with Crippen LogP contribution in [0.1, 0.15) is 55.3 Å². The minimum absolute atomic E-state index is 0.141. The van der Waals surface area contributed by atoms with Crippen LogP contribution in [0.15, 0.2) is 24.3 Å². The van der Waals surface area contributed by atoms with E-state index in [9.17, 15) is 9.18 Å². The standard InChI is InChI=1S/C24H33FN6O/c1-31(2)22-20-8-3-4-9-21(20)29-23(30-22)27-18-10-12-19(13-11-18)28-24(32)26-15-16-6-5-7-17(25)14-16/h5-7,14,18-19H,3-4,8-13,15H2,1-2H3,(H2,26,28,32)(H,27,29,30)/t18-,19+. The lowest BCUT2D eigenvalue weighted by Crippen LogP contribution is -2.44. The second-order valence-corrected chi connectivity index (χ2v) is 9.05. The first-order valence-electron chi connectivity index (χ1n) is 11.6. The predicted molar refractivity (Wildman–Crippen MR) is 124 cm³/mol. The minimum Gasteiger partial charge on any atom is -0.362 e. The van der Waals surface area contributed by atoms with Crippen molar-refractivity contribution in [3.63, 3.8) is 0 Å². The van der Waals surface area contributed by atoms with Gasteiger partial charge < -0.3 is 20.9 Å². The Balaban J connectivity index is 1.26. The third-order valence-corrected chi connectivity index (χ3v) is 6.32. The lowest BCUT2D eigenvalue weighted by atomic mass is 9.91. The first-order chi connectivity index (χ1) is 15.5. The fourth-order valence-corrected chi connectivity index (χ4v) is 4.64. The van der Waals surface area contributed by atoms with Gasteiger partial charge in [0, 0.05) is 38.3 Å². The minimum atomic E-state index is -0.295. The van der Waals surface area contributed by atoms with E-state index in [1.54, 1.807) is 12.1 Å². The van der Waals surface area contributed by atoms with Crippen LogP contribution in [0.2, 0.25) is 0 Å². The van der Waals surface area contributed by atoms with Gasteiger partial charge in [-0.25, -0.2) is 14.2 Å². The molecule has 0 radical (unpaired) electrons. The van der Waals surface area contributed by atoms with E-state index in [1.165, 1.54) is 36.2 Å². The van der Waals surface area contributed by atoms with E-state index < -0.39 is 0 Å². The van der Waals surface area contributed by atoms with Crippen molar-refractivity contribution >= 4 is 17.8 Å². The van der Waals surface area contributed by atoms with Crippen LogP contribution >= 0.6 is 0 Å². The van der Waals surface area contributed by atoms with E-state index in [2.05, 4.69) is 20.9 Å². The van der Waals surface area contributed by atoms with Crippen LogP contribution in [-0.4, -0.2) is 42.2 Å². The number of urea groups is 1. The summed E-state index contributed by atoms with van der Waals surface area (Å²) in [6.07, 6.45) is 8.17. The highest BCUT2D eigenvalue weighted by atomic mass is 19.1. The van der Waals surface area contributed by atoms with Gasteiger partial charge in [0.05, 0.1) is 5.69 Å². The monoisotopic (exact) mass is 440 g/mol. The maximum atomic E-state index is 13.3. The molecule has 0 bridgehead atoms. The summed E-state index contributed by atoms with van der Waals surface area (Å²) in [7, 11) is 4.08. The van der Waals surface area contributed by atoms with Crippen molar-refractivity contribution < 1.29 is 9.18 Å². The molecule has 1 aromatic heterocycles. The summed E-state index contributed by atoms with van der Waals surface area (Å²) in [6.45, 7) is 0.310. The number of nitrogens with zero attached hydrogens (tertiary/aromatic N) is 3. The molecule has 0 spiro atoms. The smallest absolute Gasteiger partial charge is 0.315 e. The van der Waals surface area contributed by atoms with Crippen molar-refractivity contribution in [1.29, 1.82) is 0 Å². The lowest BCUT2D eigenvalue weighted by molar-refractivity contribution is 0.231. The second-order valence-electron chi connectivity index (χ2n) is 9.05. The van der Waals surface area contributed by atoms with Crippen molar-refractivity contribution in [3.05, 3.63) is 46.9 Å². The molecule has 1 aromatic carbocycles. The summed E-state index contributed by atoms with van der Waals surface area (Å²) in [4.78, 5) is 23.9. The van der Waals surface area contributed by atoms with E-state index in [0.717, 1.165) is 55.9 Å². The molecule has 2 aliphatic rings. The molecule has 32 heavy (non-hydrogen) atoms. The molecular weight excluding hydrogens is 407 g/mol. The normalized spacial score (nSPS) is 20.2. The Hall–Kier alpha value is -2.90. The number of aryl methyl sites for hydroxylation is 1. The van der Waals surface area contributed by atoms with Crippen molar-refractivity contribution in [2.45, 2.75) is 70.0 Å². The fourth-order valence-electron chi connectivity index (χ4n) is 4.64. The van der Waals surface area contributed by atoms with Gasteiger partial charge in [-0.1, -0.05) is 12.1 Å². The molecule has 2 aliphatic carbocycles. The summed E-state index contributed by atoms with van der Waals surface area (Å²) in [6, 6.07) is 6.51. The van der Waals surface area contributed by atoms with Crippen molar-refractivity contribution in [1.82, 2.24) is 20.6 Å². The van der Waals surface area contributed by atoms with E-state index in [1.807, 2.05) is 14.1 Å². The van der Waals surface area contributed by atoms with Crippen LogP contribution in [0.5, 0.6) is 0 Å². The molecule has 3 N–H and O–H groups in total. The van der Waals surface area contributed by atoms with Gasteiger partial charge in [0.2, 0.25) is 5.95 Å². The lowest BCUT2D eigenvalue weighted by Gasteiger charge is -2.30. The van der Waals surface area contributed by atoms with E-state index >= 15 is 0 Å². The Morgan fingerprint density at radius 3 is 2.59 bits per heavy atom. The molecule has 1 fully saturated rings. The number of hydrogen-bond donors (Lipinski definition) is 3. The van der Waals surface area contributed by atoms with Crippen molar-refractivity contribution in [2.24, 2.45) is 0 Å². The molecule has 2 aromatic rings. The Morgan fingerprint density at radius 1 is 1.09 bits per heavy atom. The van der Waals surface area contributed by atoms with Crippen LogP contribution in [0.25, 0.3) is 0 Å². The molecule has 2 amide bonds. The quantitative estimate of drug-likeness (QED) is 0.637. The molecule has 7 nitrogen and oxygen atoms in total. The van der Waals surface area contributed by atoms with Crippen LogP contribution in [0, 0.1) is 5.82 Å². The summed E-state index contributed by atoms with van der Waals surface area (Å²) in [5, 5.41) is 9.40. The topological polar surface area (TPSA) is 82.2 Å². The summed E-state index contributed by atoms with van der Waals surface area (Å²) < 4.78 is 13.3. The van der Waals surface area contributed by atoms with Crippen LogP contribution in [0.3, 0.4) is 0 Å². The van der Waals surface area contributed by atoms with Gasteiger partial charge in [-0.2, -0.15) is 4.98 Å². The molecule has 1 heterocycles. The first kappa shape index (κ1) is 22.3. The Morgan fingerprint density at radius 2 is 1.84 bits per heavy atom. The number of amides is 2. The zero-order valence-corrected chi connectivity index (χ0v) is 19.0. The maximum absolute atomic E-state index is 13.3. The van der Waals surface area contributed by atoms with E-state index in [0.29, 0.717) is 12.6 Å². The number of hydrogen-bond acceptors (Lipinski definition) is 5. The number of rotatable bonds is 6. The highest BCUT2D eigenvalue weighted by molar-refractivity contribution is 5.74. The summed E-state index contributed by atoms with van der Waals surface area (Å²) >= 11 is 0. The molecule has 0 unspecified atom stereocenters. The molecule has 172 valence electrons. The molecular formula is C24H33FN6O. The fraction of sp³-hybridized carbons (Fsp3) is 0.542. The van der Waals surface area contributed by atoms with Gasteiger partial charge in [0.15, 0.2) is 0 Å². The number of nitrogens with one attached hydrogen (secondary N) is 3. The highest BCUT2D eigenvalue weighted by Crippen LogP contribution is 2.29. The molecule has 0 saturated heterocycles. The first-order valence-corrected chi connectivity index (χ1v) is 11.6. The van der Waals surface area contributed by atoms with Crippen molar-refractivity contribution in [2.75, 3.05) is 24.3 Å². The number of anilines is 2. The summed E-state index contributed by atoms with van der Waals surface area (Å²) in [5.41, 5.74) is 3.22. The van der Waals surface area contributed by atoms with Crippen LogP contribution in [0.4, 0.5) is 21.0 Å². The number of fused-ring (bicyclic) bond motifs is 1. The third kappa shape index (κ3) is 5.66. The van der Waals surface area contributed by atoms with Crippen LogP contribution < -0.4 is 20.9 Å². The number of benzene rings is 1. The van der Waals surface area contributed by atoms with Gasteiger partial charge in [0.25, 0.3) is 0 Å². The van der Waals surface area contributed by atoms with Gasteiger partial charge in [-0.15, -0.1) is 0 Å². The highest BCUT2D eigenvalue weighted by Gasteiger charge is 2.24. The van der Waals surface area contributed by atoms with E-state index in [4.69, 9.17) is 9.97 Å². The van der Waals surface area contributed by atoms with E-state index in [-0.39, 0.29) is 17.9 Å². The molecule has 4 rings (SSSR count). The zero-order chi connectivity index (χ0) is 22.5. The number of halogens is 1. The predicted octanol–water partition coefficient (Wildman–Crippen LogP) is 3.78.